The highest BCUT2D eigenvalue weighted by Crippen LogP contribution is 2.26. The molecule has 174 valence electrons. The Labute approximate surface area is 189 Å². The molecular weight excluding hydrogens is 428 g/mol. The van der Waals surface area contributed by atoms with Crippen LogP contribution in [0.5, 0.6) is 0 Å². The molecule has 1 aromatic heterocycles. The van der Waals surface area contributed by atoms with E-state index in [1.807, 2.05) is 6.07 Å². The first-order valence-electron chi connectivity index (χ1n) is 11.5. The van der Waals surface area contributed by atoms with Gasteiger partial charge in [0.05, 0.1) is 18.1 Å². The van der Waals surface area contributed by atoms with Crippen LogP contribution in [-0.4, -0.2) is 55.1 Å². The summed E-state index contributed by atoms with van der Waals surface area (Å²) in [4.78, 5) is 12.6. The van der Waals surface area contributed by atoms with Crippen LogP contribution >= 0.6 is 0 Å². The van der Waals surface area contributed by atoms with Crippen molar-refractivity contribution in [2.45, 2.75) is 56.3 Å². The average Bonchev–Trinajstić information content (AvgIpc) is 3.25. The molecule has 1 aliphatic carbocycles. The topological polar surface area (TPSA) is 104 Å². The maximum absolute atomic E-state index is 12.7. The second-order valence-corrected chi connectivity index (χ2v) is 10.6. The van der Waals surface area contributed by atoms with Crippen LogP contribution in [0.25, 0.3) is 0 Å². The average molecular weight is 461 g/mol. The largest absolute Gasteiger partial charge is 0.379 e. The number of aryl methyl sites for hydroxylation is 1. The fourth-order valence-corrected chi connectivity index (χ4v) is 5.87. The van der Waals surface area contributed by atoms with Gasteiger partial charge in [-0.3, -0.25) is 9.89 Å². The highest BCUT2D eigenvalue weighted by molar-refractivity contribution is 7.89. The number of morpholine rings is 1. The number of sulfonamides is 1. The van der Waals surface area contributed by atoms with Gasteiger partial charge < -0.3 is 10.1 Å². The molecule has 2 N–H and O–H groups in total. The Morgan fingerprint density at radius 2 is 1.84 bits per heavy atom. The first-order chi connectivity index (χ1) is 15.5. The summed E-state index contributed by atoms with van der Waals surface area (Å²) in [5.41, 5.74) is 1.99. The molecule has 0 radical (unpaired) electrons. The number of anilines is 1. The molecule has 1 aromatic carbocycles. The van der Waals surface area contributed by atoms with Gasteiger partial charge in [0.15, 0.2) is 5.82 Å². The van der Waals surface area contributed by atoms with Crippen molar-refractivity contribution in [2.75, 3.05) is 31.6 Å². The van der Waals surface area contributed by atoms with Crippen LogP contribution in [0.4, 0.5) is 5.82 Å². The summed E-state index contributed by atoms with van der Waals surface area (Å²) in [5.74, 6) is 1.17. The molecule has 0 bridgehead atoms. The first kappa shape index (κ1) is 22.9. The lowest BCUT2D eigenvalue weighted by atomic mass is 9.86. The van der Waals surface area contributed by atoms with Gasteiger partial charge in [-0.25, -0.2) is 8.42 Å². The fraction of sp³-hybridized carbons (Fsp3) is 0.565. The number of amides is 1. The summed E-state index contributed by atoms with van der Waals surface area (Å²) >= 11 is 0. The Hall–Kier alpha value is -2.23. The minimum Gasteiger partial charge on any atom is -0.379 e. The third kappa shape index (κ3) is 5.96. The third-order valence-corrected chi connectivity index (χ3v) is 8.22. The van der Waals surface area contributed by atoms with Gasteiger partial charge in [0.25, 0.3) is 0 Å². The number of nitrogens with one attached hydrogen (secondary N) is 2. The quantitative estimate of drug-likeness (QED) is 0.630. The molecule has 9 heteroatoms. The maximum Gasteiger partial charge on any atom is 0.243 e. The zero-order valence-corrected chi connectivity index (χ0v) is 19.2. The standard InChI is InChI=1S/C23H32N4O4S/c28-23(24-22-17-20(25-26-22)16-19-4-2-1-3-5-19)11-8-18-6-9-21(10-7-18)32(29,30)27-12-14-31-15-13-27/h6-7,9-10,17,19H,1-5,8,11-16H2,(H2,24,25,26,28). The van der Waals surface area contributed by atoms with Crippen molar-refractivity contribution >= 4 is 21.7 Å². The lowest BCUT2D eigenvalue weighted by Crippen LogP contribution is -2.40. The molecule has 2 fully saturated rings. The Balaban J connectivity index is 1.25. The van der Waals surface area contributed by atoms with Gasteiger partial charge in [0.1, 0.15) is 0 Å². The highest BCUT2D eigenvalue weighted by atomic mass is 32.2. The van der Waals surface area contributed by atoms with E-state index in [4.69, 9.17) is 4.74 Å². The molecule has 2 aromatic rings. The van der Waals surface area contributed by atoms with Crippen molar-refractivity contribution in [1.29, 1.82) is 0 Å². The summed E-state index contributed by atoms with van der Waals surface area (Å²) in [7, 11) is -3.50. The van der Waals surface area contributed by atoms with Crippen LogP contribution in [0.15, 0.2) is 35.2 Å². The predicted octanol–water partition coefficient (Wildman–Crippen LogP) is 3.12. The van der Waals surface area contributed by atoms with Gasteiger partial charge in [-0.15, -0.1) is 0 Å². The van der Waals surface area contributed by atoms with Crippen LogP contribution in [0, 0.1) is 5.92 Å². The zero-order valence-electron chi connectivity index (χ0n) is 18.4. The van der Waals surface area contributed by atoms with Crippen LogP contribution in [-0.2, 0) is 32.4 Å². The summed E-state index contributed by atoms with van der Waals surface area (Å²) < 4.78 is 32.1. The van der Waals surface area contributed by atoms with E-state index in [2.05, 4.69) is 15.5 Å². The zero-order chi connectivity index (χ0) is 22.4. The lowest BCUT2D eigenvalue weighted by Gasteiger charge is -2.26. The number of H-pyrrole nitrogens is 1. The fourth-order valence-electron chi connectivity index (χ4n) is 4.46. The minimum atomic E-state index is -3.50. The van der Waals surface area contributed by atoms with Crippen LogP contribution < -0.4 is 5.32 Å². The molecule has 2 aliphatic rings. The van der Waals surface area contributed by atoms with E-state index in [0.717, 1.165) is 17.7 Å². The van der Waals surface area contributed by atoms with Crippen LogP contribution in [0.1, 0.15) is 49.8 Å². The number of hydrogen-bond acceptors (Lipinski definition) is 5. The molecular formula is C23H32N4O4S. The van der Waals surface area contributed by atoms with E-state index in [1.165, 1.54) is 36.4 Å². The van der Waals surface area contributed by atoms with Crippen molar-refractivity contribution < 1.29 is 17.9 Å². The minimum absolute atomic E-state index is 0.106. The van der Waals surface area contributed by atoms with Gasteiger partial charge in [0, 0.05) is 31.3 Å². The van der Waals surface area contributed by atoms with Crippen molar-refractivity contribution in [1.82, 2.24) is 14.5 Å². The van der Waals surface area contributed by atoms with Crippen molar-refractivity contribution in [3.63, 3.8) is 0 Å². The Bertz CT molecular complexity index is 991. The normalized spacial score (nSPS) is 18.5. The summed E-state index contributed by atoms with van der Waals surface area (Å²) in [6.45, 7) is 1.59. The first-order valence-corrected chi connectivity index (χ1v) is 13.0. The van der Waals surface area contributed by atoms with E-state index in [9.17, 15) is 13.2 Å². The number of nitrogens with zero attached hydrogens (tertiary/aromatic N) is 2. The number of benzene rings is 1. The number of aromatic amines is 1. The molecule has 1 saturated heterocycles. The summed E-state index contributed by atoms with van der Waals surface area (Å²) in [5, 5.41) is 10.1. The lowest BCUT2D eigenvalue weighted by molar-refractivity contribution is -0.116. The molecule has 1 saturated carbocycles. The number of carbonyl (C=O) groups excluding carboxylic acids is 1. The number of ether oxygens (including phenoxy) is 1. The summed E-state index contributed by atoms with van der Waals surface area (Å²) in [6.07, 6.45) is 8.32. The molecule has 4 rings (SSSR count). The van der Waals surface area contributed by atoms with Crippen LogP contribution in [0.3, 0.4) is 0 Å². The van der Waals surface area contributed by atoms with E-state index < -0.39 is 10.0 Å². The van der Waals surface area contributed by atoms with Gasteiger partial charge in [-0.2, -0.15) is 9.40 Å². The van der Waals surface area contributed by atoms with Crippen molar-refractivity contribution in [2.24, 2.45) is 5.92 Å². The van der Waals surface area contributed by atoms with Gasteiger partial charge in [-0.1, -0.05) is 44.2 Å². The van der Waals surface area contributed by atoms with Crippen LogP contribution in [0.2, 0.25) is 0 Å². The van der Waals surface area contributed by atoms with Gasteiger partial charge >= 0.3 is 0 Å². The smallest absolute Gasteiger partial charge is 0.243 e. The Kier molecular flexibility index (Phi) is 7.59. The molecule has 0 atom stereocenters. The molecule has 1 amide bonds. The van der Waals surface area contributed by atoms with Gasteiger partial charge in [-0.05, 0) is 36.5 Å². The Morgan fingerprint density at radius 1 is 1.12 bits per heavy atom. The molecule has 1 aliphatic heterocycles. The van der Waals surface area contributed by atoms with E-state index in [-0.39, 0.29) is 10.8 Å². The van der Waals surface area contributed by atoms with E-state index >= 15 is 0 Å². The molecule has 8 nitrogen and oxygen atoms in total. The number of hydrogen-bond donors (Lipinski definition) is 2. The second-order valence-electron chi connectivity index (χ2n) is 8.70. The molecule has 2 heterocycles. The number of aromatic nitrogens is 2. The van der Waals surface area contributed by atoms with Crippen molar-refractivity contribution in [3.05, 3.63) is 41.6 Å². The van der Waals surface area contributed by atoms with E-state index in [0.29, 0.717) is 50.9 Å². The van der Waals surface area contributed by atoms with Crippen molar-refractivity contribution in [3.8, 4) is 0 Å². The van der Waals surface area contributed by atoms with E-state index in [1.54, 1.807) is 24.3 Å². The summed E-state index contributed by atoms with van der Waals surface area (Å²) in [6, 6.07) is 8.71. The monoisotopic (exact) mass is 460 g/mol. The molecule has 32 heavy (non-hydrogen) atoms. The highest BCUT2D eigenvalue weighted by Gasteiger charge is 2.26. The number of rotatable bonds is 8. The third-order valence-electron chi connectivity index (χ3n) is 6.30. The molecule has 0 unspecified atom stereocenters. The van der Waals surface area contributed by atoms with Gasteiger partial charge in [0.2, 0.25) is 15.9 Å². The second kappa shape index (κ2) is 10.6. The molecule has 0 spiro atoms. The predicted molar refractivity (Wildman–Crippen MR) is 122 cm³/mol. The number of carbonyl (C=O) groups is 1. The maximum atomic E-state index is 12.7. The Morgan fingerprint density at radius 3 is 2.56 bits per heavy atom. The SMILES string of the molecule is O=C(CCc1ccc(S(=O)(=O)N2CCOCC2)cc1)Nc1cc(CC2CCCCC2)[nH]n1.